The van der Waals surface area contributed by atoms with E-state index in [2.05, 4.69) is 32.1 Å². The third-order valence-electron chi connectivity index (χ3n) is 5.33. The maximum Gasteiger partial charge on any atom is 0.206 e. The fraction of sp³-hybridized carbons (Fsp3) is 0.474. The summed E-state index contributed by atoms with van der Waals surface area (Å²) in [4.78, 5) is 7.35. The van der Waals surface area contributed by atoms with Crippen molar-refractivity contribution in [3.05, 3.63) is 23.6 Å². The van der Waals surface area contributed by atoms with Gasteiger partial charge in [0.2, 0.25) is 5.95 Å². The van der Waals surface area contributed by atoms with E-state index in [9.17, 15) is 0 Å². The van der Waals surface area contributed by atoms with Gasteiger partial charge < -0.3 is 24.0 Å². The standard InChI is InChI=1S/C19H23N5O2/c1-12-16(13(2)26-22-12)14-4-5-15-17-18(14)25-11-10-24(17)19(21-15)23-8-3-6-20-7-9-23/h4-5,20H,3,6-11H2,1-2H3. The first-order chi connectivity index (χ1) is 12.7. The molecule has 2 aromatic heterocycles. The van der Waals surface area contributed by atoms with E-state index in [0.29, 0.717) is 6.61 Å². The van der Waals surface area contributed by atoms with Crippen molar-refractivity contribution in [3.8, 4) is 16.9 Å². The highest BCUT2D eigenvalue weighted by molar-refractivity contribution is 5.93. The Balaban J connectivity index is 1.70. The van der Waals surface area contributed by atoms with Gasteiger partial charge in [0.15, 0.2) is 5.75 Å². The van der Waals surface area contributed by atoms with Gasteiger partial charge in [0, 0.05) is 25.2 Å². The predicted octanol–water partition coefficient (Wildman–Crippen LogP) is 2.50. The van der Waals surface area contributed by atoms with E-state index in [1.807, 2.05) is 13.8 Å². The molecule has 2 aliphatic heterocycles. The van der Waals surface area contributed by atoms with E-state index >= 15 is 0 Å². The minimum atomic E-state index is 0.651. The molecule has 0 atom stereocenters. The number of aromatic nitrogens is 3. The van der Waals surface area contributed by atoms with Crippen LogP contribution in [0.5, 0.6) is 5.75 Å². The molecule has 7 nitrogen and oxygen atoms in total. The first-order valence-corrected chi connectivity index (χ1v) is 9.29. The molecule has 0 amide bonds. The number of hydrogen-bond donors (Lipinski definition) is 1. The smallest absolute Gasteiger partial charge is 0.206 e. The Labute approximate surface area is 151 Å². The number of nitrogens with one attached hydrogen (secondary N) is 1. The number of hydrogen-bond acceptors (Lipinski definition) is 6. The summed E-state index contributed by atoms with van der Waals surface area (Å²) in [5.74, 6) is 2.77. The Kier molecular flexibility index (Phi) is 3.63. The Morgan fingerprint density at radius 1 is 1.12 bits per heavy atom. The molecule has 5 rings (SSSR count). The number of aryl methyl sites for hydroxylation is 2. The van der Waals surface area contributed by atoms with Crippen LogP contribution in [0.1, 0.15) is 17.9 Å². The second kappa shape index (κ2) is 6.02. The molecular weight excluding hydrogens is 330 g/mol. The minimum absolute atomic E-state index is 0.651. The summed E-state index contributed by atoms with van der Waals surface area (Å²) in [5, 5.41) is 7.57. The average molecular weight is 353 g/mol. The van der Waals surface area contributed by atoms with Crippen LogP contribution in [0, 0.1) is 13.8 Å². The molecule has 0 aliphatic carbocycles. The zero-order chi connectivity index (χ0) is 17.7. The van der Waals surface area contributed by atoms with E-state index in [4.69, 9.17) is 14.2 Å². The topological polar surface area (TPSA) is 68.4 Å². The van der Waals surface area contributed by atoms with Crippen molar-refractivity contribution in [2.75, 3.05) is 37.7 Å². The van der Waals surface area contributed by atoms with Gasteiger partial charge in [0.1, 0.15) is 17.9 Å². The molecule has 0 spiro atoms. The normalized spacial score (nSPS) is 17.4. The van der Waals surface area contributed by atoms with Crippen LogP contribution in [0.25, 0.3) is 22.2 Å². The van der Waals surface area contributed by atoms with Gasteiger partial charge in [0.25, 0.3) is 0 Å². The molecule has 0 radical (unpaired) electrons. The lowest BCUT2D eigenvalue weighted by Gasteiger charge is -2.25. The zero-order valence-electron chi connectivity index (χ0n) is 15.2. The molecule has 2 aliphatic rings. The van der Waals surface area contributed by atoms with Gasteiger partial charge in [-0.1, -0.05) is 5.16 Å². The number of anilines is 1. The van der Waals surface area contributed by atoms with Crippen LogP contribution in [-0.2, 0) is 6.54 Å². The SMILES string of the molecule is Cc1noc(C)c1-c1ccc2nc(N3CCCNCC3)n3c2c1OCC3. The minimum Gasteiger partial charge on any atom is -0.489 e. The van der Waals surface area contributed by atoms with Crippen molar-refractivity contribution in [1.82, 2.24) is 20.0 Å². The van der Waals surface area contributed by atoms with Crippen molar-refractivity contribution in [2.45, 2.75) is 26.8 Å². The highest BCUT2D eigenvalue weighted by Gasteiger charge is 2.27. The van der Waals surface area contributed by atoms with Gasteiger partial charge in [-0.15, -0.1) is 0 Å². The van der Waals surface area contributed by atoms with E-state index < -0.39 is 0 Å². The summed E-state index contributed by atoms with van der Waals surface area (Å²) >= 11 is 0. The average Bonchev–Trinajstić information content (AvgIpc) is 3.05. The van der Waals surface area contributed by atoms with Crippen LogP contribution < -0.4 is 15.0 Å². The first-order valence-electron chi connectivity index (χ1n) is 9.29. The van der Waals surface area contributed by atoms with Gasteiger partial charge in [0.05, 0.1) is 23.3 Å². The van der Waals surface area contributed by atoms with Crippen molar-refractivity contribution in [2.24, 2.45) is 0 Å². The van der Waals surface area contributed by atoms with Crippen LogP contribution in [-0.4, -0.2) is 47.5 Å². The lowest BCUT2D eigenvalue weighted by atomic mass is 10.0. The van der Waals surface area contributed by atoms with Crippen molar-refractivity contribution in [1.29, 1.82) is 0 Å². The van der Waals surface area contributed by atoms with E-state index in [1.165, 1.54) is 0 Å². The third-order valence-corrected chi connectivity index (χ3v) is 5.33. The van der Waals surface area contributed by atoms with Crippen LogP contribution in [0.2, 0.25) is 0 Å². The van der Waals surface area contributed by atoms with Crippen LogP contribution in [0.3, 0.4) is 0 Å². The summed E-state index contributed by atoms with van der Waals surface area (Å²) in [6, 6.07) is 4.17. The molecule has 1 N–H and O–H groups in total. The Morgan fingerprint density at radius 3 is 2.88 bits per heavy atom. The van der Waals surface area contributed by atoms with Crippen molar-refractivity contribution in [3.63, 3.8) is 0 Å². The fourth-order valence-corrected chi connectivity index (χ4v) is 4.13. The monoisotopic (exact) mass is 353 g/mol. The molecule has 26 heavy (non-hydrogen) atoms. The molecule has 4 heterocycles. The van der Waals surface area contributed by atoms with E-state index in [-0.39, 0.29) is 0 Å². The first kappa shape index (κ1) is 15.7. The highest BCUT2D eigenvalue weighted by Crippen LogP contribution is 2.42. The molecule has 0 saturated carbocycles. The second-order valence-electron chi connectivity index (χ2n) is 7.01. The number of benzene rings is 1. The van der Waals surface area contributed by atoms with Gasteiger partial charge in [-0.3, -0.25) is 0 Å². The number of nitrogens with zero attached hydrogens (tertiary/aromatic N) is 4. The van der Waals surface area contributed by atoms with Crippen LogP contribution in [0.15, 0.2) is 16.7 Å². The van der Waals surface area contributed by atoms with E-state index in [1.54, 1.807) is 0 Å². The summed E-state index contributed by atoms with van der Waals surface area (Å²) in [5.41, 5.74) is 5.02. The summed E-state index contributed by atoms with van der Waals surface area (Å²) < 4.78 is 13.8. The number of ether oxygens (including phenoxy) is 1. The molecule has 3 aromatic rings. The summed E-state index contributed by atoms with van der Waals surface area (Å²) in [7, 11) is 0. The maximum absolute atomic E-state index is 6.12. The van der Waals surface area contributed by atoms with Gasteiger partial charge in [-0.2, -0.15) is 0 Å². The maximum atomic E-state index is 6.12. The molecule has 1 fully saturated rings. The Hall–Kier alpha value is -2.54. The molecular formula is C19H23N5O2. The number of imidazole rings is 1. The number of rotatable bonds is 2. The Morgan fingerprint density at radius 2 is 2.04 bits per heavy atom. The molecule has 136 valence electrons. The Bertz CT molecular complexity index is 947. The second-order valence-corrected chi connectivity index (χ2v) is 7.01. The third kappa shape index (κ3) is 2.30. The molecule has 0 unspecified atom stereocenters. The fourth-order valence-electron chi connectivity index (χ4n) is 4.13. The summed E-state index contributed by atoms with van der Waals surface area (Å²) in [6.07, 6.45) is 1.14. The van der Waals surface area contributed by atoms with Crippen molar-refractivity contribution >= 4 is 17.0 Å². The molecule has 1 saturated heterocycles. The largest absolute Gasteiger partial charge is 0.489 e. The van der Waals surface area contributed by atoms with Gasteiger partial charge in [-0.25, -0.2) is 4.98 Å². The zero-order valence-corrected chi connectivity index (χ0v) is 15.2. The van der Waals surface area contributed by atoms with Gasteiger partial charge in [-0.05, 0) is 38.9 Å². The van der Waals surface area contributed by atoms with Crippen LogP contribution >= 0.6 is 0 Å². The van der Waals surface area contributed by atoms with E-state index in [0.717, 1.165) is 84.5 Å². The lowest BCUT2D eigenvalue weighted by molar-refractivity contribution is 0.288. The predicted molar refractivity (Wildman–Crippen MR) is 99.9 cm³/mol. The highest BCUT2D eigenvalue weighted by atomic mass is 16.5. The van der Waals surface area contributed by atoms with Gasteiger partial charge >= 0.3 is 0 Å². The van der Waals surface area contributed by atoms with Crippen LogP contribution in [0.4, 0.5) is 5.95 Å². The molecule has 7 heteroatoms. The van der Waals surface area contributed by atoms with Crippen molar-refractivity contribution < 1.29 is 9.26 Å². The summed E-state index contributed by atoms with van der Waals surface area (Å²) in [6.45, 7) is 9.48. The molecule has 1 aromatic carbocycles. The molecule has 0 bridgehead atoms. The quantitative estimate of drug-likeness (QED) is 0.763. The lowest BCUT2D eigenvalue weighted by Crippen LogP contribution is -2.31.